The molecule has 2 N–H and O–H groups in total. The molecular formula is C25H22ClF2N5O4S. The number of halogens is 3. The van der Waals surface area contributed by atoms with Gasteiger partial charge < -0.3 is 4.74 Å². The number of anilines is 2. The van der Waals surface area contributed by atoms with Crippen LogP contribution in [0.15, 0.2) is 53.7 Å². The van der Waals surface area contributed by atoms with Crippen molar-refractivity contribution >= 4 is 50.1 Å². The highest BCUT2D eigenvalue weighted by Crippen LogP contribution is 2.36. The number of benzene rings is 2. The van der Waals surface area contributed by atoms with Gasteiger partial charge in [-0.15, -0.1) is 0 Å². The number of amides is 1. The fourth-order valence-corrected chi connectivity index (χ4v) is 4.88. The Labute approximate surface area is 222 Å². The van der Waals surface area contributed by atoms with Crippen molar-refractivity contribution in [2.24, 2.45) is 5.41 Å². The number of carbonyl (C=O) groups excluding carboxylic acids is 1. The van der Waals surface area contributed by atoms with E-state index >= 15 is 4.39 Å². The first-order valence-corrected chi connectivity index (χ1v) is 13.0. The van der Waals surface area contributed by atoms with Crippen LogP contribution in [0.4, 0.5) is 20.4 Å². The zero-order chi connectivity index (χ0) is 27.8. The number of nitrogens with one attached hydrogen (secondary N) is 2. The molecule has 1 amide bonds. The van der Waals surface area contributed by atoms with Crippen LogP contribution in [0.5, 0.6) is 5.88 Å². The lowest BCUT2D eigenvalue weighted by molar-refractivity contribution is -0.123. The Bertz CT molecular complexity index is 1680. The molecule has 38 heavy (non-hydrogen) atoms. The van der Waals surface area contributed by atoms with E-state index in [1.807, 2.05) is 0 Å². The Hall–Kier alpha value is -3.90. The van der Waals surface area contributed by atoms with Crippen LogP contribution in [-0.4, -0.2) is 36.4 Å². The SMILES string of the molecule is COc1ncc(Cl)cc1S(=O)(=O)Nc1ccc(F)c(-c2cccc3nc(NC(=O)C(C)(C)C)ncc23)c1F. The molecule has 2 heterocycles. The van der Waals surface area contributed by atoms with Gasteiger partial charge in [-0.1, -0.05) is 44.5 Å². The highest BCUT2D eigenvalue weighted by Gasteiger charge is 2.26. The predicted molar refractivity (Wildman–Crippen MR) is 140 cm³/mol. The van der Waals surface area contributed by atoms with Gasteiger partial charge >= 0.3 is 0 Å². The molecule has 0 aliphatic carbocycles. The van der Waals surface area contributed by atoms with E-state index in [1.54, 1.807) is 26.8 Å². The average Bonchev–Trinajstić information content (AvgIpc) is 2.85. The number of methoxy groups -OCH3 is 1. The van der Waals surface area contributed by atoms with E-state index in [1.165, 1.54) is 31.6 Å². The highest BCUT2D eigenvalue weighted by atomic mass is 35.5. The summed E-state index contributed by atoms with van der Waals surface area (Å²) < 4.78 is 63.8. The number of ether oxygens (including phenoxy) is 1. The van der Waals surface area contributed by atoms with Gasteiger partial charge in [0, 0.05) is 23.2 Å². The van der Waals surface area contributed by atoms with Gasteiger partial charge in [0.1, 0.15) is 5.82 Å². The van der Waals surface area contributed by atoms with Crippen LogP contribution in [0.1, 0.15) is 20.8 Å². The maximum Gasteiger partial charge on any atom is 0.267 e. The molecule has 13 heteroatoms. The number of pyridine rings is 1. The number of carbonyl (C=O) groups is 1. The smallest absolute Gasteiger partial charge is 0.267 e. The Morgan fingerprint density at radius 3 is 2.50 bits per heavy atom. The maximum absolute atomic E-state index is 15.7. The number of fused-ring (bicyclic) bond motifs is 1. The molecule has 0 aliphatic heterocycles. The monoisotopic (exact) mass is 561 g/mol. The number of rotatable bonds is 6. The van der Waals surface area contributed by atoms with Crippen molar-refractivity contribution in [1.29, 1.82) is 0 Å². The van der Waals surface area contributed by atoms with E-state index in [9.17, 15) is 17.6 Å². The van der Waals surface area contributed by atoms with Gasteiger partial charge in [-0.25, -0.2) is 32.2 Å². The van der Waals surface area contributed by atoms with Crippen molar-refractivity contribution < 1.29 is 26.7 Å². The van der Waals surface area contributed by atoms with E-state index in [-0.39, 0.29) is 33.7 Å². The van der Waals surface area contributed by atoms with Crippen molar-refractivity contribution in [2.45, 2.75) is 25.7 Å². The van der Waals surface area contributed by atoms with Gasteiger partial charge in [0.15, 0.2) is 10.7 Å². The highest BCUT2D eigenvalue weighted by molar-refractivity contribution is 7.92. The van der Waals surface area contributed by atoms with Crippen LogP contribution >= 0.6 is 11.6 Å². The summed E-state index contributed by atoms with van der Waals surface area (Å²) in [5, 5.41) is 2.90. The normalized spacial score (nSPS) is 11.9. The summed E-state index contributed by atoms with van der Waals surface area (Å²) in [7, 11) is -3.22. The van der Waals surface area contributed by atoms with Gasteiger partial charge in [0.05, 0.1) is 28.9 Å². The first kappa shape index (κ1) is 27.1. The van der Waals surface area contributed by atoms with Crippen LogP contribution in [0.25, 0.3) is 22.0 Å². The first-order valence-electron chi connectivity index (χ1n) is 11.1. The topological polar surface area (TPSA) is 123 Å². The lowest BCUT2D eigenvalue weighted by Gasteiger charge is -2.17. The van der Waals surface area contributed by atoms with Crippen molar-refractivity contribution in [1.82, 2.24) is 15.0 Å². The van der Waals surface area contributed by atoms with Crippen molar-refractivity contribution in [3.8, 4) is 17.0 Å². The molecule has 198 valence electrons. The molecule has 0 bridgehead atoms. The lowest BCUT2D eigenvalue weighted by Crippen LogP contribution is -2.28. The number of hydrogen-bond donors (Lipinski definition) is 2. The standard InChI is InChI=1S/C25H22ClF2N5O4S/c1-25(2,3)23(34)32-24-30-12-15-14(6-5-7-17(15)31-24)20-16(27)8-9-18(21(20)28)33-38(35,36)19-10-13(26)11-29-22(19)37-4/h5-12,33H,1-4H3,(H,30,31,32,34). The second kappa shape index (κ2) is 10.1. The molecule has 0 radical (unpaired) electrons. The van der Waals surface area contributed by atoms with E-state index < -0.39 is 43.2 Å². The fourth-order valence-electron chi connectivity index (χ4n) is 3.45. The molecule has 0 saturated carbocycles. The van der Waals surface area contributed by atoms with Crippen LogP contribution in [0.3, 0.4) is 0 Å². The Morgan fingerprint density at radius 2 is 1.82 bits per heavy atom. The summed E-state index contributed by atoms with van der Waals surface area (Å²) in [5.41, 5.74) is -1.32. The van der Waals surface area contributed by atoms with Gasteiger partial charge in [0.25, 0.3) is 10.0 Å². The minimum absolute atomic E-state index is 0.0141. The van der Waals surface area contributed by atoms with E-state index in [0.717, 1.165) is 18.2 Å². The molecule has 4 rings (SSSR count). The third-order valence-electron chi connectivity index (χ3n) is 5.40. The number of hydrogen-bond acceptors (Lipinski definition) is 7. The second-order valence-electron chi connectivity index (χ2n) is 9.19. The van der Waals surface area contributed by atoms with Crippen LogP contribution in [-0.2, 0) is 14.8 Å². The summed E-state index contributed by atoms with van der Waals surface area (Å²) in [5.74, 6) is -2.65. The summed E-state index contributed by atoms with van der Waals surface area (Å²) in [6, 6.07) is 7.55. The van der Waals surface area contributed by atoms with Crippen molar-refractivity contribution in [3.05, 3.63) is 65.4 Å². The minimum atomic E-state index is -4.43. The lowest BCUT2D eigenvalue weighted by atomic mass is 9.96. The fraction of sp³-hybridized carbons (Fsp3) is 0.200. The molecule has 0 atom stereocenters. The molecule has 0 fully saturated rings. The largest absolute Gasteiger partial charge is 0.480 e. The quantitative estimate of drug-likeness (QED) is 0.322. The molecule has 0 unspecified atom stereocenters. The summed E-state index contributed by atoms with van der Waals surface area (Å²) >= 11 is 5.89. The summed E-state index contributed by atoms with van der Waals surface area (Å²) in [6.07, 6.45) is 2.52. The van der Waals surface area contributed by atoms with E-state index in [0.29, 0.717) is 5.52 Å². The molecule has 0 spiro atoms. The number of nitrogens with zero attached hydrogens (tertiary/aromatic N) is 3. The molecule has 0 saturated heterocycles. The number of aromatic nitrogens is 3. The molecule has 2 aromatic carbocycles. The zero-order valence-corrected chi connectivity index (χ0v) is 22.2. The molecular weight excluding hydrogens is 540 g/mol. The van der Waals surface area contributed by atoms with E-state index in [4.69, 9.17) is 16.3 Å². The minimum Gasteiger partial charge on any atom is -0.480 e. The number of sulfonamides is 1. The molecule has 9 nitrogen and oxygen atoms in total. The van der Waals surface area contributed by atoms with Crippen LogP contribution in [0.2, 0.25) is 5.02 Å². The maximum atomic E-state index is 15.7. The van der Waals surface area contributed by atoms with Crippen molar-refractivity contribution in [3.63, 3.8) is 0 Å². The molecule has 2 aromatic heterocycles. The van der Waals surface area contributed by atoms with Crippen LogP contribution in [0, 0.1) is 17.0 Å². The summed E-state index contributed by atoms with van der Waals surface area (Å²) in [6.45, 7) is 5.19. The third-order valence-corrected chi connectivity index (χ3v) is 6.97. The van der Waals surface area contributed by atoms with E-state index in [2.05, 4.69) is 25.0 Å². The molecule has 0 aliphatic rings. The van der Waals surface area contributed by atoms with Crippen molar-refractivity contribution in [2.75, 3.05) is 17.1 Å². The predicted octanol–water partition coefficient (Wildman–Crippen LogP) is 5.42. The Morgan fingerprint density at radius 1 is 1.08 bits per heavy atom. The first-order chi connectivity index (χ1) is 17.8. The summed E-state index contributed by atoms with van der Waals surface area (Å²) in [4.78, 5) is 24.1. The van der Waals surface area contributed by atoms with Gasteiger partial charge in [0.2, 0.25) is 17.7 Å². The van der Waals surface area contributed by atoms with Crippen LogP contribution < -0.4 is 14.8 Å². The van der Waals surface area contributed by atoms with Gasteiger partial charge in [-0.05, 0) is 29.8 Å². The van der Waals surface area contributed by atoms with Gasteiger partial charge in [-0.3, -0.25) is 14.8 Å². The second-order valence-corrected chi connectivity index (χ2v) is 11.3. The van der Waals surface area contributed by atoms with Gasteiger partial charge in [-0.2, -0.15) is 0 Å². The molecule has 4 aromatic rings. The third kappa shape index (κ3) is 5.36. The zero-order valence-electron chi connectivity index (χ0n) is 20.6. The Kier molecular flexibility index (Phi) is 7.22. The Balaban J connectivity index is 1.77. The average molecular weight is 562 g/mol.